The second kappa shape index (κ2) is 3.22. The van der Waals surface area contributed by atoms with E-state index < -0.39 is 0 Å². The summed E-state index contributed by atoms with van der Waals surface area (Å²) < 4.78 is 0. The number of carbonyl (C=O) groups is 1. The summed E-state index contributed by atoms with van der Waals surface area (Å²) in [5, 5.41) is 8.93. The van der Waals surface area contributed by atoms with Crippen LogP contribution < -0.4 is 0 Å². The molecule has 0 bridgehead atoms. The number of rotatable bonds is 2. The fourth-order valence-electron chi connectivity index (χ4n) is 1.12. The Bertz CT molecular complexity index is 152. The first kappa shape index (κ1) is 8.53. The van der Waals surface area contributed by atoms with E-state index in [9.17, 15) is 4.79 Å². The van der Waals surface area contributed by atoms with Crippen molar-refractivity contribution in [3.63, 3.8) is 0 Å². The van der Waals surface area contributed by atoms with Crippen LogP contribution in [0.2, 0.25) is 0 Å². The molecule has 0 aromatic heterocycles. The van der Waals surface area contributed by atoms with Crippen LogP contribution in [0.15, 0.2) is 0 Å². The molecule has 1 amide bonds. The van der Waals surface area contributed by atoms with Crippen LogP contribution in [0.5, 0.6) is 0 Å². The number of hydrogen-bond acceptors (Lipinski definition) is 2. The van der Waals surface area contributed by atoms with Crippen LogP contribution in [0.4, 0.5) is 0 Å². The van der Waals surface area contributed by atoms with Gasteiger partial charge in [0.15, 0.2) is 0 Å². The molecule has 1 fully saturated rings. The van der Waals surface area contributed by atoms with Crippen LogP contribution in [-0.2, 0) is 4.79 Å². The van der Waals surface area contributed by atoms with E-state index in [2.05, 4.69) is 0 Å². The molecule has 1 N–H and O–H groups in total. The summed E-state index contributed by atoms with van der Waals surface area (Å²) in [5.74, 6) is 0.292. The number of amides is 1. The maximum Gasteiger partial charge on any atom is 0.225 e. The van der Waals surface area contributed by atoms with E-state index in [1.807, 2.05) is 13.8 Å². The van der Waals surface area contributed by atoms with Crippen LogP contribution in [0.1, 0.15) is 20.3 Å². The SMILES string of the molecule is CCC(C)C(=O)N1CC(O)C1. The van der Waals surface area contributed by atoms with Crippen molar-refractivity contribution in [3.8, 4) is 0 Å². The summed E-state index contributed by atoms with van der Waals surface area (Å²) >= 11 is 0. The Balaban J connectivity index is 2.31. The fourth-order valence-corrected chi connectivity index (χ4v) is 1.12. The summed E-state index contributed by atoms with van der Waals surface area (Å²) in [4.78, 5) is 13.0. The van der Waals surface area contributed by atoms with Gasteiger partial charge < -0.3 is 10.0 Å². The second-order valence-electron chi connectivity index (χ2n) is 3.21. The van der Waals surface area contributed by atoms with Gasteiger partial charge in [-0.25, -0.2) is 0 Å². The summed E-state index contributed by atoms with van der Waals surface area (Å²) in [5.41, 5.74) is 0. The molecule has 3 nitrogen and oxygen atoms in total. The molecule has 0 aliphatic carbocycles. The number of aliphatic hydroxyl groups excluding tert-OH is 1. The molecule has 1 heterocycles. The van der Waals surface area contributed by atoms with E-state index in [-0.39, 0.29) is 17.9 Å². The minimum Gasteiger partial charge on any atom is -0.389 e. The van der Waals surface area contributed by atoms with Crippen LogP contribution in [0, 0.1) is 5.92 Å². The molecule has 1 atom stereocenters. The highest BCUT2D eigenvalue weighted by molar-refractivity contribution is 5.79. The first-order chi connectivity index (χ1) is 5.15. The molecule has 1 saturated heterocycles. The molecule has 1 aliphatic rings. The summed E-state index contributed by atoms with van der Waals surface area (Å²) in [6, 6.07) is 0. The third-order valence-corrected chi connectivity index (χ3v) is 2.21. The van der Waals surface area contributed by atoms with Crippen LogP contribution in [0.3, 0.4) is 0 Å². The number of nitrogens with zero attached hydrogens (tertiary/aromatic N) is 1. The Labute approximate surface area is 67.0 Å². The Morgan fingerprint density at radius 1 is 1.73 bits per heavy atom. The summed E-state index contributed by atoms with van der Waals surface area (Å²) in [6.45, 7) is 4.98. The number of β-amino-alcohol motifs (C(OH)–C–C–N with tert-alkyl or cyclic N) is 1. The van der Waals surface area contributed by atoms with Crippen molar-refractivity contribution < 1.29 is 9.90 Å². The van der Waals surface area contributed by atoms with Gasteiger partial charge in [0.25, 0.3) is 0 Å². The number of carbonyl (C=O) groups excluding carboxylic acids is 1. The standard InChI is InChI=1S/C8H15NO2/c1-3-6(2)8(11)9-4-7(10)5-9/h6-7,10H,3-5H2,1-2H3. The Kier molecular flexibility index (Phi) is 2.49. The van der Waals surface area contributed by atoms with Crippen LogP contribution >= 0.6 is 0 Å². The van der Waals surface area contributed by atoms with Crippen molar-refractivity contribution in [3.05, 3.63) is 0 Å². The lowest BCUT2D eigenvalue weighted by Crippen LogP contribution is -2.54. The third-order valence-electron chi connectivity index (χ3n) is 2.21. The van der Waals surface area contributed by atoms with Crippen molar-refractivity contribution >= 4 is 5.91 Å². The first-order valence-corrected chi connectivity index (χ1v) is 4.12. The van der Waals surface area contributed by atoms with Gasteiger partial charge in [0.05, 0.1) is 6.10 Å². The van der Waals surface area contributed by atoms with Gasteiger partial charge in [-0.1, -0.05) is 13.8 Å². The molecule has 0 radical (unpaired) electrons. The largest absolute Gasteiger partial charge is 0.389 e. The fraction of sp³-hybridized carbons (Fsp3) is 0.875. The van der Waals surface area contributed by atoms with E-state index in [1.54, 1.807) is 4.90 Å². The third kappa shape index (κ3) is 1.71. The van der Waals surface area contributed by atoms with E-state index in [0.717, 1.165) is 6.42 Å². The molecule has 64 valence electrons. The highest BCUT2D eigenvalue weighted by Crippen LogP contribution is 2.13. The molecule has 1 unspecified atom stereocenters. The van der Waals surface area contributed by atoms with Gasteiger partial charge in [-0.05, 0) is 6.42 Å². The van der Waals surface area contributed by atoms with Crippen molar-refractivity contribution in [1.82, 2.24) is 4.90 Å². The lowest BCUT2D eigenvalue weighted by atomic mass is 10.0. The van der Waals surface area contributed by atoms with Gasteiger partial charge in [0, 0.05) is 19.0 Å². The zero-order chi connectivity index (χ0) is 8.43. The maximum absolute atomic E-state index is 11.3. The van der Waals surface area contributed by atoms with Crippen molar-refractivity contribution in [2.45, 2.75) is 26.4 Å². The summed E-state index contributed by atoms with van der Waals surface area (Å²) in [6.07, 6.45) is 0.605. The lowest BCUT2D eigenvalue weighted by Gasteiger charge is -2.37. The van der Waals surface area contributed by atoms with Gasteiger partial charge in [0.2, 0.25) is 5.91 Å². The van der Waals surface area contributed by atoms with Crippen molar-refractivity contribution in [2.75, 3.05) is 13.1 Å². The zero-order valence-corrected chi connectivity index (χ0v) is 7.08. The van der Waals surface area contributed by atoms with Gasteiger partial charge in [-0.2, -0.15) is 0 Å². The number of hydrogen-bond donors (Lipinski definition) is 1. The topological polar surface area (TPSA) is 40.5 Å². The minimum absolute atomic E-state index is 0.113. The quantitative estimate of drug-likeness (QED) is 0.623. The lowest BCUT2D eigenvalue weighted by molar-refractivity contribution is -0.145. The maximum atomic E-state index is 11.3. The van der Waals surface area contributed by atoms with Crippen LogP contribution in [-0.4, -0.2) is 35.1 Å². The molecule has 1 aliphatic heterocycles. The van der Waals surface area contributed by atoms with E-state index >= 15 is 0 Å². The van der Waals surface area contributed by atoms with E-state index in [1.165, 1.54) is 0 Å². The number of aliphatic hydroxyl groups is 1. The summed E-state index contributed by atoms with van der Waals surface area (Å²) in [7, 11) is 0. The molecular formula is C8H15NO2. The van der Waals surface area contributed by atoms with Gasteiger partial charge in [-0.3, -0.25) is 4.79 Å². The molecule has 3 heteroatoms. The predicted octanol–water partition coefficient (Wildman–Crippen LogP) is 0.236. The second-order valence-corrected chi connectivity index (χ2v) is 3.21. The minimum atomic E-state index is -0.275. The normalized spacial score (nSPS) is 21.2. The smallest absolute Gasteiger partial charge is 0.225 e. The highest BCUT2D eigenvalue weighted by Gasteiger charge is 2.30. The molecule has 0 spiro atoms. The number of likely N-dealkylation sites (tertiary alicyclic amines) is 1. The van der Waals surface area contributed by atoms with E-state index in [0.29, 0.717) is 13.1 Å². The molecule has 11 heavy (non-hydrogen) atoms. The molecular weight excluding hydrogens is 142 g/mol. The average molecular weight is 157 g/mol. The Hall–Kier alpha value is -0.570. The monoisotopic (exact) mass is 157 g/mol. The van der Waals surface area contributed by atoms with Crippen LogP contribution in [0.25, 0.3) is 0 Å². The molecule has 0 aromatic carbocycles. The average Bonchev–Trinajstić information content (AvgIpc) is 1.96. The Morgan fingerprint density at radius 2 is 2.27 bits per heavy atom. The molecule has 0 saturated carbocycles. The Morgan fingerprint density at radius 3 is 2.64 bits per heavy atom. The van der Waals surface area contributed by atoms with Crippen molar-refractivity contribution in [2.24, 2.45) is 5.92 Å². The highest BCUT2D eigenvalue weighted by atomic mass is 16.3. The molecule has 0 aromatic rings. The van der Waals surface area contributed by atoms with Gasteiger partial charge >= 0.3 is 0 Å². The van der Waals surface area contributed by atoms with Gasteiger partial charge in [-0.15, -0.1) is 0 Å². The molecule has 1 rings (SSSR count). The van der Waals surface area contributed by atoms with E-state index in [4.69, 9.17) is 5.11 Å². The zero-order valence-electron chi connectivity index (χ0n) is 7.08. The first-order valence-electron chi connectivity index (χ1n) is 4.12. The van der Waals surface area contributed by atoms with Gasteiger partial charge in [0.1, 0.15) is 0 Å². The predicted molar refractivity (Wildman–Crippen MR) is 42.0 cm³/mol. The van der Waals surface area contributed by atoms with Crippen molar-refractivity contribution in [1.29, 1.82) is 0 Å².